The number of hydrogen-bond donors (Lipinski definition) is 1. The zero-order valence-electron chi connectivity index (χ0n) is 10.4. The first kappa shape index (κ1) is 15.0. The second-order valence-electron chi connectivity index (χ2n) is 4.08. The topological polar surface area (TPSA) is 42.0 Å². The minimum Gasteiger partial charge on any atom is -0.302 e. The maximum absolute atomic E-state index is 11.9. The molecule has 0 aromatic carbocycles. The number of carbonyl (C=O) groups excluding carboxylic acids is 1. The Hall–Kier alpha value is -0.920. The summed E-state index contributed by atoms with van der Waals surface area (Å²) in [5, 5.41) is 7.16. The molecule has 0 spiro atoms. The van der Waals surface area contributed by atoms with Gasteiger partial charge in [0.15, 0.2) is 5.13 Å². The molecule has 3 nitrogen and oxygen atoms in total. The van der Waals surface area contributed by atoms with Crippen molar-refractivity contribution in [2.24, 2.45) is 0 Å². The predicted molar refractivity (Wildman–Crippen MR) is 92.1 cm³/mol. The molecular formula is C13H8Cl2N2OS3. The minimum atomic E-state index is -0.0761. The van der Waals surface area contributed by atoms with Gasteiger partial charge in [0.1, 0.15) is 4.34 Å². The Morgan fingerprint density at radius 1 is 1.33 bits per heavy atom. The van der Waals surface area contributed by atoms with Crippen molar-refractivity contribution in [1.82, 2.24) is 4.98 Å². The van der Waals surface area contributed by atoms with Crippen molar-refractivity contribution < 1.29 is 4.79 Å². The van der Waals surface area contributed by atoms with Crippen molar-refractivity contribution in [3.05, 3.63) is 42.5 Å². The Labute approximate surface area is 143 Å². The second-order valence-corrected chi connectivity index (χ2v) is 8.26. The lowest BCUT2D eigenvalue weighted by Crippen LogP contribution is -2.13. The van der Waals surface area contributed by atoms with Crippen LogP contribution in [0.4, 0.5) is 5.13 Å². The number of hydrogen-bond acceptors (Lipinski definition) is 5. The molecule has 0 radical (unpaired) electrons. The van der Waals surface area contributed by atoms with E-state index in [1.54, 1.807) is 17.4 Å². The van der Waals surface area contributed by atoms with Crippen molar-refractivity contribution in [2.45, 2.75) is 6.42 Å². The molecule has 1 amide bonds. The number of thiophene rings is 2. The van der Waals surface area contributed by atoms with Gasteiger partial charge in [-0.05, 0) is 17.5 Å². The molecule has 0 aliphatic heterocycles. The molecular weight excluding hydrogens is 367 g/mol. The van der Waals surface area contributed by atoms with Crippen LogP contribution < -0.4 is 5.32 Å². The molecule has 3 heterocycles. The summed E-state index contributed by atoms with van der Waals surface area (Å²) in [7, 11) is 0. The van der Waals surface area contributed by atoms with Gasteiger partial charge in [-0.2, -0.15) is 0 Å². The van der Waals surface area contributed by atoms with E-state index in [0.717, 1.165) is 16.1 Å². The van der Waals surface area contributed by atoms with Crippen molar-refractivity contribution >= 4 is 68.3 Å². The third-order valence-corrected chi connectivity index (χ3v) is 5.72. The fourth-order valence-electron chi connectivity index (χ4n) is 1.70. The molecule has 21 heavy (non-hydrogen) atoms. The normalized spacial score (nSPS) is 10.8. The summed E-state index contributed by atoms with van der Waals surface area (Å²) in [6.07, 6.45) is 0.359. The quantitative estimate of drug-likeness (QED) is 0.662. The molecule has 8 heteroatoms. The summed E-state index contributed by atoms with van der Waals surface area (Å²) in [5.74, 6) is -0.0761. The average molecular weight is 375 g/mol. The number of anilines is 1. The minimum absolute atomic E-state index is 0.0761. The van der Waals surface area contributed by atoms with Crippen molar-refractivity contribution in [2.75, 3.05) is 5.32 Å². The Bertz CT molecular complexity index is 764. The number of thiazole rings is 1. The lowest BCUT2D eigenvalue weighted by Gasteiger charge is -1.99. The molecule has 0 aliphatic carbocycles. The molecule has 3 rings (SSSR count). The maximum Gasteiger partial charge on any atom is 0.231 e. The average Bonchev–Trinajstić information content (AvgIpc) is 3.12. The van der Waals surface area contributed by atoms with Gasteiger partial charge in [0, 0.05) is 15.8 Å². The summed E-state index contributed by atoms with van der Waals surface area (Å²) < 4.78 is 1.22. The Morgan fingerprint density at radius 2 is 2.19 bits per heavy atom. The van der Waals surface area contributed by atoms with Crippen LogP contribution >= 0.6 is 57.2 Å². The highest BCUT2D eigenvalue weighted by atomic mass is 35.5. The summed E-state index contributed by atoms with van der Waals surface area (Å²) in [6.45, 7) is 0. The van der Waals surface area contributed by atoms with E-state index in [-0.39, 0.29) is 5.91 Å². The number of nitrogens with zero attached hydrogens (tertiary/aromatic N) is 1. The van der Waals surface area contributed by atoms with Crippen LogP contribution in [0, 0.1) is 0 Å². The van der Waals surface area contributed by atoms with Crippen LogP contribution in [0.15, 0.2) is 29.0 Å². The van der Waals surface area contributed by atoms with Crippen LogP contribution in [-0.4, -0.2) is 10.9 Å². The number of aromatic nitrogens is 1. The molecule has 0 saturated carbocycles. The lowest BCUT2D eigenvalue weighted by molar-refractivity contribution is -0.115. The molecule has 3 aromatic rings. The van der Waals surface area contributed by atoms with Gasteiger partial charge in [-0.1, -0.05) is 29.3 Å². The van der Waals surface area contributed by atoms with Gasteiger partial charge in [-0.25, -0.2) is 4.98 Å². The van der Waals surface area contributed by atoms with Gasteiger partial charge in [0.2, 0.25) is 5.91 Å². The smallest absolute Gasteiger partial charge is 0.231 e. The molecule has 0 fully saturated rings. The third kappa shape index (κ3) is 3.64. The van der Waals surface area contributed by atoms with E-state index < -0.39 is 0 Å². The fraction of sp³-hybridized carbons (Fsp3) is 0.0769. The van der Waals surface area contributed by atoms with Crippen LogP contribution in [0.2, 0.25) is 8.67 Å². The summed E-state index contributed by atoms with van der Waals surface area (Å²) in [5.41, 5.74) is 1.52. The van der Waals surface area contributed by atoms with E-state index >= 15 is 0 Å². The third-order valence-electron chi connectivity index (χ3n) is 2.60. The van der Waals surface area contributed by atoms with E-state index in [0.29, 0.717) is 20.2 Å². The highest BCUT2D eigenvalue weighted by molar-refractivity contribution is 7.20. The first-order valence-corrected chi connectivity index (χ1v) is 9.18. The Balaban J connectivity index is 1.70. The molecule has 3 aromatic heterocycles. The first-order chi connectivity index (χ1) is 10.1. The fourth-order valence-corrected chi connectivity index (χ4v) is 4.62. The van der Waals surface area contributed by atoms with Gasteiger partial charge in [0.05, 0.1) is 16.5 Å². The maximum atomic E-state index is 11.9. The zero-order valence-corrected chi connectivity index (χ0v) is 14.4. The lowest BCUT2D eigenvalue weighted by atomic mass is 10.3. The molecule has 0 unspecified atom stereocenters. The largest absolute Gasteiger partial charge is 0.302 e. The highest BCUT2D eigenvalue weighted by Crippen LogP contribution is 2.38. The van der Waals surface area contributed by atoms with E-state index in [1.165, 1.54) is 22.7 Å². The van der Waals surface area contributed by atoms with Crippen LogP contribution in [0.5, 0.6) is 0 Å². The zero-order chi connectivity index (χ0) is 14.8. The number of carbonyl (C=O) groups is 1. The van der Waals surface area contributed by atoms with E-state index in [4.69, 9.17) is 23.2 Å². The summed E-state index contributed by atoms with van der Waals surface area (Å²) in [6, 6.07) is 5.64. The number of nitrogens with one attached hydrogen (secondary N) is 1. The van der Waals surface area contributed by atoms with Gasteiger partial charge >= 0.3 is 0 Å². The summed E-state index contributed by atoms with van der Waals surface area (Å²) >= 11 is 16.3. The van der Waals surface area contributed by atoms with Gasteiger partial charge in [-0.3, -0.25) is 4.79 Å². The van der Waals surface area contributed by atoms with Crippen LogP contribution in [0.25, 0.3) is 11.3 Å². The first-order valence-electron chi connectivity index (χ1n) is 5.85. The Morgan fingerprint density at radius 3 is 2.86 bits per heavy atom. The van der Waals surface area contributed by atoms with Gasteiger partial charge in [0.25, 0.3) is 0 Å². The van der Waals surface area contributed by atoms with Crippen LogP contribution in [0.1, 0.15) is 4.88 Å². The van der Waals surface area contributed by atoms with Crippen LogP contribution in [0.3, 0.4) is 0 Å². The molecule has 0 saturated heterocycles. The monoisotopic (exact) mass is 374 g/mol. The number of halogens is 2. The van der Waals surface area contributed by atoms with Crippen molar-refractivity contribution in [1.29, 1.82) is 0 Å². The van der Waals surface area contributed by atoms with E-state index in [1.807, 2.05) is 22.9 Å². The second kappa shape index (κ2) is 6.46. The van der Waals surface area contributed by atoms with Crippen LogP contribution in [-0.2, 0) is 11.2 Å². The molecule has 108 valence electrons. The molecule has 0 atom stereocenters. The van der Waals surface area contributed by atoms with Crippen molar-refractivity contribution in [3.63, 3.8) is 0 Å². The number of amides is 1. The Kier molecular flexibility index (Phi) is 4.61. The van der Waals surface area contributed by atoms with E-state index in [2.05, 4.69) is 10.3 Å². The molecule has 1 N–H and O–H groups in total. The molecule has 0 aliphatic rings. The number of rotatable bonds is 4. The highest BCUT2D eigenvalue weighted by Gasteiger charge is 2.13. The van der Waals surface area contributed by atoms with Crippen molar-refractivity contribution in [3.8, 4) is 11.3 Å². The van der Waals surface area contributed by atoms with Gasteiger partial charge < -0.3 is 5.32 Å². The molecule has 0 bridgehead atoms. The standard InChI is InChI=1S/C13H8Cl2N2OS3/c14-10-5-8(12(15)21-10)9-6-20-13(16-9)17-11(18)4-7-2-1-3-19-7/h1-3,5-6H,4H2,(H,16,17,18). The summed E-state index contributed by atoms with van der Waals surface area (Å²) in [4.78, 5) is 17.3. The predicted octanol–water partition coefficient (Wildman–Crippen LogP) is 5.42. The SMILES string of the molecule is O=C(Cc1cccs1)Nc1nc(-c2cc(Cl)sc2Cl)cs1. The van der Waals surface area contributed by atoms with Gasteiger partial charge in [-0.15, -0.1) is 34.0 Å². The van der Waals surface area contributed by atoms with E-state index in [9.17, 15) is 4.79 Å².